The second-order valence-electron chi connectivity index (χ2n) is 7.17. The molecule has 0 saturated heterocycles. The van der Waals surface area contributed by atoms with Crippen LogP contribution in [-0.2, 0) is 0 Å². The summed E-state index contributed by atoms with van der Waals surface area (Å²) in [6.07, 6.45) is 7.07. The molecule has 2 atom stereocenters. The van der Waals surface area contributed by atoms with E-state index >= 15 is 0 Å². The number of nitrogens with zero attached hydrogens (tertiary/aromatic N) is 3. The van der Waals surface area contributed by atoms with Gasteiger partial charge in [0, 0.05) is 29.4 Å². The molecule has 1 fully saturated rings. The fourth-order valence-corrected chi connectivity index (χ4v) is 3.61. The SMILES string of the molecule is NC(=O)c1ncc(NC2CCCC[C@@H]2N)nc1Nc1cc(F)c2ncccc2c1. The number of primary amides is 1. The molecule has 6 N–H and O–H groups in total. The lowest BCUT2D eigenvalue weighted by Gasteiger charge is -2.29. The summed E-state index contributed by atoms with van der Waals surface area (Å²) in [5.41, 5.74) is 12.3. The third kappa shape index (κ3) is 4.09. The van der Waals surface area contributed by atoms with E-state index in [2.05, 4.69) is 25.6 Å². The summed E-state index contributed by atoms with van der Waals surface area (Å²) in [7, 11) is 0. The van der Waals surface area contributed by atoms with Gasteiger partial charge in [-0.2, -0.15) is 0 Å². The van der Waals surface area contributed by atoms with E-state index in [9.17, 15) is 9.18 Å². The molecule has 4 rings (SSSR count). The quantitative estimate of drug-likeness (QED) is 0.522. The van der Waals surface area contributed by atoms with Crippen molar-refractivity contribution >= 4 is 34.1 Å². The molecule has 0 spiro atoms. The molecule has 2 heterocycles. The number of nitrogens with one attached hydrogen (secondary N) is 2. The van der Waals surface area contributed by atoms with Crippen LogP contribution in [0.4, 0.5) is 21.7 Å². The topological polar surface area (TPSA) is 132 Å². The molecule has 1 aliphatic rings. The number of hydrogen-bond acceptors (Lipinski definition) is 7. The Kier molecular flexibility index (Phi) is 5.22. The lowest BCUT2D eigenvalue weighted by Crippen LogP contribution is -2.42. The first-order valence-corrected chi connectivity index (χ1v) is 9.51. The van der Waals surface area contributed by atoms with Crippen molar-refractivity contribution in [1.29, 1.82) is 0 Å². The monoisotopic (exact) mass is 395 g/mol. The van der Waals surface area contributed by atoms with E-state index in [1.807, 2.05) is 0 Å². The minimum atomic E-state index is -0.733. The number of nitrogens with two attached hydrogens (primary N) is 2. The number of benzene rings is 1. The zero-order valence-electron chi connectivity index (χ0n) is 15.7. The highest BCUT2D eigenvalue weighted by Crippen LogP contribution is 2.26. The van der Waals surface area contributed by atoms with Gasteiger partial charge in [-0.1, -0.05) is 18.9 Å². The third-order valence-corrected chi connectivity index (χ3v) is 5.08. The van der Waals surface area contributed by atoms with Crippen molar-refractivity contribution in [1.82, 2.24) is 15.0 Å². The number of halogens is 1. The van der Waals surface area contributed by atoms with Crippen molar-refractivity contribution in [3.63, 3.8) is 0 Å². The predicted molar refractivity (Wildman–Crippen MR) is 109 cm³/mol. The normalized spacial score (nSPS) is 19.1. The Balaban J connectivity index is 1.65. The van der Waals surface area contributed by atoms with Gasteiger partial charge in [-0.3, -0.25) is 9.78 Å². The molecule has 0 bridgehead atoms. The van der Waals surface area contributed by atoms with Crippen molar-refractivity contribution < 1.29 is 9.18 Å². The van der Waals surface area contributed by atoms with Crippen LogP contribution >= 0.6 is 0 Å². The first-order valence-electron chi connectivity index (χ1n) is 9.51. The molecule has 1 amide bonds. The first-order chi connectivity index (χ1) is 14.0. The fraction of sp³-hybridized carbons (Fsp3) is 0.300. The maximum absolute atomic E-state index is 14.4. The summed E-state index contributed by atoms with van der Waals surface area (Å²) >= 11 is 0. The van der Waals surface area contributed by atoms with E-state index in [-0.39, 0.29) is 29.1 Å². The molecule has 1 aliphatic carbocycles. The molecular weight excluding hydrogens is 373 g/mol. The largest absolute Gasteiger partial charge is 0.364 e. The Hall–Kier alpha value is -3.33. The van der Waals surface area contributed by atoms with Gasteiger partial charge in [0.25, 0.3) is 5.91 Å². The van der Waals surface area contributed by atoms with Crippen molar-refractivity contribution in [2.24, 2.45) is 11.5 Å². The van der Waals surface area contributed by atoms with E-state index in [0.717, 1.165) is 25.7 Å². The minimum absolute atomic E-state index is 0.0276. The second kappa shape index (κ2) is 7.96. The van der Waals surface area contributed by atoms with Crippen molar-refractivity contribution in [3.05, 3.63) is 48.2 Å². The molecule has 0 radical (unpaired) electrons. The molecule has 2 aromatic heterocycles. The molecule has 150 valence electrons. The lowest BCUT2D eigenvalue weighted by molar-refractivity contribution is 0.0996. The molecular formula is C20H22FN7O. The van der Waals surface area contributed by atoms with Crippen LogP contribution in [0.5, 0.6) is 0 Å². The molecule has 9 heteroatoms. The van der Waals surface area contributed by atoms with Gasteiger partial charge in [0.1, 0.15) is 11.3 Å². The van der Waals surface area contributed by atoms with Crippen LogP contribution in [0.25, 0.3) is 10.9 Å². The highest BCUT2D eigenvalue weighted by atomic mass is 19.1. The molecule has 0 aliphatic heterocycles. The van der Waals surface area contributed by atoms with Crippen molar-refractivity contribution in [2.45, 2.75) is 37.8 Å². The lowest BCUT2D eigenvalue weighted by atomic mass is 9.91. The Morgan fingerprint density at radius 3 is 2.83 bits per heavy atom. The van der Waals surface area contributed by atoms with Crippen LogP contribution in [0.1, 0.15) is 36.2 Å². The van der Waals surface area contributed by atoms with Gasteiger partial charge in [0.2, 0.25) is 0 Å². The summed E-state index contributed by atoms with van der Waals surface area (Å²) in [6, 6.07) is 6.58. The molecule has 29 heavy (non-hydrogen) atoms. The van der Waals surface area contributed by atoms with Crippen LogP contribution in [0, 0.1) is 5.82 Å². The summed E-state index contributed by atoms with van der Waals surface area (Å²) in [6.45, 7) is 0. The third-order valence-electron chi connectivity index (χ3n) is 5.08. The van der Waals surface area contributed by atoms with Gasteiger partial charge in [-0.25, -0.2) is 14.4 Å². The fourth-order valence-electron chi connectivity index (χ4n) is 3.61. The van der Waals surface area contributed by atoms with Crippen LogP contribution in [0.15, 0.2) is 36.7 Å². The van der Waals surface area contributed by atoms with Crippen molar-refractivity contribution in [3.8, 4) is 0 Å². The Morgan fingerprint density at radius 2 is 2.03 bits per heavy atom. The Morgan fingerprint density at radius 1 is 1.21 bits per heavy atom. The Labute approximate surface area is 166 Å². The molecule has 3 aromatic rings. The number of fused-ring (bicyclic) bond motifs is 1. The van der Waals surface area contributed by atoms with Gasteiger partial charge in [0.05, 0.1) is 6.20 Å². The van der Waals surface area contributed by atoms with Gasteiger partial charge in [0.15, 0.2) is 17.3 Å². The minimum Gasteiger partial charge on any atom is -0.364 e. The van der Waals surface area contributed by atoms with Gasteiger partial charge >= 0.3 is 0 Å². The van der Waals surface area contributed by atoms with E-state index in [1.165, 1.54) is 18.5 Å². The van der Waals surface area contributed by atoms with Gasteiger partial charge in [-0.15, -0.1) is 0 Å². The van der Waals surface area contributed by atoms with E-state index < -0.39 is 11.7 Å². The molecule has 1 unspecified atom stereocenters. The highest BCUT2D eigenvalue weighted by Gasteiger charge is 2.23. The number of aromatic nitrogens is 3. The molecule has 8 nitrogen and oxygen atoms in total. The summed E-state index contributed by atoms with van der Waals surface area (Å²) in [5.74, 6) is -0.595. The molecule has 1 saturated carbocycles. The maximum Gasteiger partial charge on any atom is 0.271 e. The number of rotatable bonds is 5. The number of pyridine rings is 1. The first kappa shape index (κ1) is 19.0. The number of anilines is 3. The number of amides is 1. The highest BCUT2D eigenvalue weighted by molar-refractivity contribution is 5.96. The standard InChI is InChI=1S/C20H22FN7O/c21-13-9-12(8-11-4-3-7-24-17(11)13)26-20-18(19(23)29)25-10-16(28-20)27-15-6-2-1-5-14(15)22/h3-4,7-10,14-15H,1-2,5-6,22H2,(H2,23,29)(H2,26,27,28)/t14-,15?/m0/s1. The smallest absolute Gasteiger partial charge is 0.271 e. The maximum atomic E-state index is 14.4. The second-order valence-corrected chi connectivity index (χ2v) is 7.17. The van der Waals surface area contributed by atoms with Gasteiger partial charge < -0.3 is 22.1 Å². The number of hydrogen-bond donors (Lipinski definition) is 4. The average Bonchev–Trinajstić information content (AvgIpc) is 2.70. The zero-order chi connectivity index (χ0) is 20.4. The van der Waals surface area contributed by atoms with Crippen LogP contribution < -0.4 is 22.1 Å². The van der Waals surface area contributed by atoms with Crippen LogP contribution in [-0.4, -0.2) is 32.9 Å². The van der Waals surface area contributed by atoms with Crippen LogP contribution in [0.3, 0.4) is 0 Å². The van der Waals surface area contributed by atoms with E-state index in [4.69, 9.17) is 11.5 Å². The van der Waals surface area contributed by atoms with Crippen molar-refractivity contribution in [2.75, 3.05) is 10.6 Å². The predicted octanol–water partition coefficient (Wildman–Crippen LogP) is 2.69. The van der Waals surface area contributed by atoms with Crippen LogP contribution in [0.2, 0.25) is 0 Å². The number of carbonyl (C=O) groups excluding carboxylic acids is 1. The summed E-state index contributed by atoms with van der Waals surface area (Å²) in [4.78, 5) is 24.4. The van der Waals surface area contributed by atoms with E-state index in [0.29, 0.717) is 16.9 Å². The number of carbonyl (C=O) groups is 1. The van der Waals surface area contributed by atoms with E-state index in [1.54, 1.807) is 18.2 Å². The van der Waals surface area contributed by atoms with Gasteiger partial charge in [-0.05, 0) is 31.0 Å². The summed E-state index contributed by atoms with van der Waals surface area (Å²) in [5, 5.41) is 6.87. The summed E-state index contributed by atoms with van der Waals surface area (Å²) < 4.78 is 14.4. The average molecular weight is 395 g/mol. The zero-order valence-corrected chi connectivity index (χ0v) is 15.7. The Bertz CT molecular complexity index is 1060. The molecule has 1 aromatic carbocycles.